The van der Waals surface area contributed by atoms with Gasteiger partial charge in [-0.15, -0.1) is 47.5 Å². The fourth-order valence-corrected chi connectivity index (χ4v) is 10.7. The molecule has 339 valence electrons. The van der Waals surface area contributed by atoms with Crippen LogP contribution in [0.1, 0.15) is 44.6 Å². The van der Waals surface area contributed by atoms with Crippen LogP contribution >= 0.6 is 0 Å². The van der Waals surface area contributed by atoms with E-state index < -0.39 is 39.5 Å². The Morgan fingerprint density at radius 1 is 0.667 bits per heavy atom. The number of hydrogen-bond acceptors (Lipinski definition) is 3. The van der Waals surface area contributed by atoms with Gasteiger partial charge in [-0.05, 0) is 63.7 Å². The minimum absolute atomic E-state index is 0. The van der Waals surface area contributed by atoms with Crippen LogP contribution in [0, 0.1) is 31.7 Å². The number of fused-ring (bicyclic) bond motifs is 7. The number of nitrogens with zero attached hydrogens (tertiary/aromatic N) is 4. The van der Waals surface area contributed by atoms with Crippen molar-refractivity contribution >= 4 is 45.8 Å². The predicted octanol–water partition coefficient (Wildman–Crippen LogP) is 14.9. The van der Waals surface area contributed by atoms with Crippen LogP contribution in [0.25, 0.3) is 83.2 Å². The maximum Gasteiger partial charge on any atom is 0.0852 e. The third kappa shape index (κ3) is 8.56. The second-order valence-corrected chi connectivity index (χ2v) is 23.1. The Bertz CT molecular complexity index is 4040. The molecule has 0 N–H and O–H groups in total. The van der Waals surface area contributed by atoms with Crippen LogP contribution in [0.3, 0.4) is 0 Å². The van der Waals surface area contributed by atoms with E-state index in [0.717, 1.165) is 89.2 Å². The van der Waals surface area contributed by atoms with Gasteiger partial charge in [0.15, 0.2) is 0 Å². The van der Waals surface area contributed by atoms with Gasteiger partial charge in [0.25, 0.3) is 0 Å². The summed E-state index contributed by atoms with van der Waals surface area (Å²) in [7, 11) is -1.98. The number of benzene rings is 8. The van der Waals surface area contributed by atoms with Crippen molar-refractivity contribution in [1.29, 1.82) is 0 Å². The van der Waals surface area contributed by atoms with Crippen LogP contribution in [0.15, 0.2) is 182 Å². The molecule has 12 rings (SSSR count). The van der Waals surface area contributed by atoms with Gasteiger partial charge >= 0.3 is 0 Å². The van der Waals surface area contributed by atoms with Crippen molar-refractivity contribution in [3.05, 3.63) is 234 Å². The number of pyridine rings is 2. The quantitative estimate of drug-likeness (QED) is 0.118. The van der Waals surface area contributed by atoms with Crippen LogP contribution in [0.2, 0.25) is 19.6 Å². The predicted molar refractivity (Wildman–Crippen MR) is 282 cm³/mol. The molecule has 0 bridgehead atoms. The van der Waals surface area contributed by atoms with E-state index >= 15 is 0 Å². The number of hydrogen-bond donors (Lipinski definition) is 0. The largest absolute Gasteiger partial charge is 0.332 e. The van der Waals surface area contributed by atoms with E-state index in [2.05, 4.69) is 131 Å². The van der Waals surface area contributed by atoms with E-state index in [4.69, 9.17) is 20.9 Å². The van der Waals surface area contributed by atoms with E-state index in [1.54, 1.807) is 0 Å². The first-order chi connectivity index (χ1) is 36.3. The maximum absolute atomic E-state index is 14.7. The molecule has 0 atom stereocenters. The molecule has 0 saturated carbocycles. The summed E-state index contributed by atoms with van der Waals surface area (Å²) in [6.07, 6.45) is 0.302. The van der Waals surface area contributed by atoms with Gasteiger partial charge in [0, 0.05) is 77.2 Å². The Morgan fingerprint density at radius 3 is 2.10 bits per heavy atom. The summed E-state index contributed by atoms with van der Waals surface area (Å²) in [6, 6.07) is 63.7. The molecular formula is C62H49FIrN4Si-2. The first-order valence-electron chi connectivity index (χ1n) is 26.6. The van der Waals surface area contributed by atoms with E-state index in [9.17, 15) is 4.39 Å². The zero-order chi connectivity index (χ0) is 53.3. The summed E-state index contributed by atoms with van der Waals surface area (Å²) in [5.74, 6) is -0.133. The van der Waals surface area contributed by atoms with Gasteiger partial charge in [-0.25, -0.2) is 0 Å². The van der Waals surface area contributed by atoms with Gasteiger partial charge in [-0.2, -0.15) is 0 Å². The van der Waals surface area contributed by atoms with Gasteiger partial charge in [-0.1, -0.05) is 188 Å². The second-order valence-electron chi connectivity index (χ2n) is 18.0. The molecular weight excluding hydrogens is 1040 g/mol. The number of aryl methyl sites for hydroxylation is 2. The van der Waals surface area contributed by atoms with Gasteiger partial charge < -0.3 is 9.55 Å². The molecule has 1 aliphatic rings. The van der Waals surface area contributed by atoms with Crippen LogP contribution in [0.4, 0.5) is 4.39 Å². The van der Waals surface area contributed by atoms with Gasteiger partial charge in [0.05, 0.1) is 30.6 Å². The molecule has 0 amide bonds. The van der Waals surface area contributed by atoms with E-state index in [0.29, 0.717) is 22.9 Å². The van der Waals surface area contributed by atoms with Crippen molar-refractivity contribution in [2.75, 3.05) is 0 Å². The minimum atomic E-state index is -2.61. The molecule has 1 aliphatic carbocycles. The monoisotopic (exact) mass is 1100 g/mol. The Hall–Kier alpha value is -7.15. The van der Waals surface area contributed by atoms with Crippen molar-refractivity contribution in [1.82, 2.24) is 19.5 Å². The number of aromatic nitrogens is 4. The molecule has 0 saturated heterocycles. The number of imidazole rings is 1. The van der Waals surface area contributed by atoms with Crippen molar-refractivity contribution in [3.63, 3.8) is 0 Å². The zero-order valence-electron chi connectivity index (χ0n) is 46.0. The number of rotatable bonds is 7. The normalized spacial score (nSPS) is 14.1. The van der Waals surface area contributed by atoms with Crippen LogP contribution < -0.4 is 5.19 Å². The van der Waals surface area contributed by atoms with Gasteiger partial charge in [0.2, 0.25) is 0 Å². The summed E-state index contributed by atoms with van der Waals surface area (Å²) in [5.41, 5.74) is 10.9. The second kappa shape index (κ2) is 18.7. The molecule has 7 heteroatoms. The van der Waals surface area contributed by atoms with Crippen LogP contribution in [-0.2, 0) is 32.9 Å². The number of halogens is 1. The molecule has 3 aromatic heterocycles. The summed E-state index contributed by atoms with van der Waals surface area (Å²) in [4.78, 5) is 14.7. The van der Waals surface area contributed by atoms with Crippen molar-refractivity contribution < 1.29 is 35.5 Å². The molecule has 3 heterocycles. The molecule has 0 unspecified atom stereocenters. The summed E-state index contributed by atoms with van der Waals surface area (Å²) in [5, 5.41) is 5.20. The Kier molecular flexibility index (Phi) is 10.0. The molecule has 0 aliphatic heterocycles. The molecule has 0 spiro atoms. The van der Waals surface area contributed by atoms with Crippen LogP contribution in [0.5, 0.6) is 0 Å². The average molecular weight is 1100 g/mol. The van der Waals surface area contributed by atoms with Crippen LogP contribution in [-0.4, -0.2) is 27.6 Å². The van der Waals surface area contributed by atoms with Crippen molar-refractivity contribution in [2.45, 2.75) is 46.1 Å². The fraction of sp³-hybridized carbons (Fsp3) is 0.113. The molecule has 1 radical (unpaired) electrons. The molecule has 0 fully saturated rings. The van der Waals surface area contributed by atoms with E-state index in [-0.39, 0.29) is 36.9 Å². The Morgan fingerprint density at radius 2 is 1.33 bits per heavy atom. The van der Waals surface area contributed by atoms with Crippen molar-refractivity contribution in [2.24, 2.45) is 0 Å². The summed E-state index contributed by atoms with van der Waals surface area (Å²) < 4.78 is 80.6. The van der Waals surface area contributed by atoms with E-state index in [1.165, 1.54) is 18.3 Å². The van der Waals surface area contributed by atoms with E-state index in [1.807, 2.05) is 68.2 Å². The maximum atomic E-state index is 14.7. The third-order valence-corrected chi connectivity index (χ3v) is 14.7. The fourth-order valence-electron chi connectivity index (χ4n) is 9.36. The summed E-state index contributed by atoms with van der Waals surface area (Å²) >= 11 is 0. The average Bonchev–Trinajstić information content (AvgIpc) is 4.13. The first kappa shape index (κ1) is 36.8. The SMILES string of the molecule is [2H]C([2H])([2H])c1cc(-c2[c-]ccc(C([2H])([2H])[2H])c2F)ncc1[Si](C)(C)C.[2H]C([2H])(c1ccccc1)c1ccc2c(n1)Cc1c(-c3nc4c5ccccc5ccc4n3-c3c(-c4ccccc4)ccc4ccccc34)[c-]ccc1-2.[Ir]. The Labute approximate surface area is 429 Å². The standard InChI is InChI=1S/C46H30N3.C16H19FNSi.Ir/c1-3-12-30(13-4-1)28-34-24-26-39-38-20-11-21-40(41(38)29-42(39)47-34)46-48-44-35-18-9-7-16-32(35)23-27-43(44)49(46)45-36-19-10-8-17-33(36)22-25-37(45)31-14-5-2-6-15-31;1-11-7-6-8-13(16(11)17)14-9-12(2)15(10-18-14)19(3,4)5;/h1-20,22-27H,28-29H2;6-7,9-10H,1-5H3;/q2*-1;/i28D2;1D3,2D3;. The van der Waals surface area contributed by atoms with Gasteiger partial charge in [-0.3, -0.25) is 14.4 Å². The molecule has 69 heavy (non-hydrogen) atoms. The molecule has 4 nitrogen and oxygen atoms in total. The van der Waals surface area contributed by atoms with Gasteiger partial charge in [0.1, 0.15) is 0 Å². The smallest absolute Gasteiger partial charge is 0.0852 e. The minimum Gasteiger partial charge on any atom is -0.332 e. The zero-order valence-corrected chi connectivity index (χ0v) is 41.4. The topological polar surface area (TPSA) is 43.6 Å². The molecule has 8 aromatic carbocycles. The van der Waals surface area contributed by atoms with Crippen molar-refractivity contribution in [3.8, 4) is 50.6 Å². The Balaban J connectivity index is 0.000000220. The summed E-state index contributed by atoms with van der Waals surface area (Å²) in [6.45, 7) is 1.02. The molecule has 11 aromatic rings. The first-order valence-corrected chi connectivity index (χ1v) is 26.1. The third-order valence-electron chi connectivity index (χ3n) is 12.6.